The molecule has 29 heavy (non-hydrogen) atoms. The van der Waals surface area contributed by atoms with E-state index in [1.807, 2.05) is 12.1 Å². The summed E-state index contributed by atoms with van der Waals surface area (Å²) in [5, 5.41) is 6.79. The number of benzene rings is 2. The van der Waals surface area contributed by atoms with E-state index in [0.29, 0.717) is 28.6 Å². The van der Waals surface area contributed by atoms with Gasteiger partial charge in [-0.2, -0.15) is 0 Å². The van der Waals surface area contributed by atoms with Crippen LogP contribution in [0.4, 0.5) is 5.69 Å². The average molecular weight is 511 g/mol. The van der Waals surface area contributed by atoms with Gasteiger partial charge in [0.15, 0.2) is 17.5 Å². The van der Waals surface area contributed by atoms with Crippen molar-refractivity contribution >= 4 is 35.6 Å². The first-order valence-corrected chi connectivity index (χ1v) is 9.44. The van der Waals surface area contributed by atoms with Crippen LogP contribution in [0.25, 0.3) is 0 Å². The van der Waals surface area contributed by atoms with E-state index in [1.54, 1.807) is 28.4 Å². The number of aliphatic imine (C=N–C) groups is 1. The van der Waals surface area contributed by atoms with Crippen molar-refractivity contribution in [3.05, 3.63) is 48.0 Å². The van der Waals surface area contributed by atoms with Crippen molar-refractivity contribution in [3.63, 3.8) is 0 Å². The highest BCUT2D eigenvalue weighted by Crippen LogP contribution is 2.47. The van der Waals surface area contributed by atoms with E-state index in [-0.39, 0.29) is 24.0 Å². The van der Waals surface area contributed by atoms with Crippen LogP contribution in [0.3, 0.4) is 0 Å². The summed E-state index contributed by atoms with van der Waals surface area (Å²) in [5.74, 6) is 2.48. The van der Waals surface area contributed by atoms with Gasteiger partial charge in [-0.1, -0.05) is 30.3 Å². The Morgan fingerprint density at radius 3 is 2.10 bits per heavy atom. The smallest absolute Gasteiger partial charge is 0.203 e. The normalized spacial score (nSPS) is 14.4. The van der Waals surface area contributed by atoms with Crippen LogP contribution in [-0.4, -0.2) is 40.9 Å². The number of rotatable bonds is 8. The fourth-order valence-corrected chi connectivity index (χ4v) is 3.36. The minimum Gasteiger partial charge on any atom is -0.493 e. The molecule has 7 heteroatoms. The van der Waals surface area contributed by atoms with E-state index < -0.39 is 0 Å². The van der Waals surface area contributed by atoms with E-state index in [9.17, 15) is 0 Å². The largest absolute Gasteiger partial charge is 0.493 e. The zero-order chi connectivity index (χ0) is 20.0. The standard InChI is InChI=1S/C22H29N3O3.HI/c1-23-21(24-15-22(10-11-22)14-16-8-6-5-7-9-16)25-17-12-18(26-2)20(28-4)19(13-17)27-3;/h5-9,12-13H,10-11,14-15H2,1-4H3,(H2,23,24,25);1H. The number of anilines is 1. The number of guanidine groups is 1. The molecule has 1 saturated carbocycles. The van der Waals surface area contributed by atoms with Gasteiger partial charge in [-0.05, 0) is 30.2 Å². The molecule has 0 heterocycles. The van der Waals surface area contributed by atoms with Crippen LogP contribution in [-0.2, 0) is 6.42 Å². The predicted molar refractivity (Wildman–Crippen MR) is 128 cm³/mol. The van der Waals surface area contributed by atoms with Gasteiger partial charge in [0, 0.05) is 31.4 Å². The molecule has 0 aliphatic heterocycles. The second kappa shape index (κ2) is 10.6. The summed E-state index contributed by atoms with van der Waals surface area (Å²) < 4.78 is 16.2. The second-order valence-corrected chi connectivity index (χ2v) is 7.13. The van der Waals surface area contributed by atoms with Crippen molar-refractivity contribution in [3.8, 4) is 17.2 Å². The number of methoxy groups -OCH3 is 3. The number of nitrogens with zero attached hydrogens (tertiary/aromatic N) is 1. The Hall–Kier alpha value is -2.16. The molecular weight excluding hydrogens is 481 g/mol. The molecular formula is C22H30IN3O3. The fraction of sp³-hybridized carbons (Fsp3) is 0.409. The number of hydrogen-bond acceptors (Lipinski definition) is 4. The molecule has 0 saturated heterocycles. The molecule has 6 nitrogen and oxygen atoms in total. The Bertz CT molecular complexity index is 798. The lowest BCUT2D eigenvalue weighted by Crippen LogP contribution is -2.36. The Morgan fingerprint density at radius 2 is 1.62 bits per heavy atom. The van der Waals surface area contributed by atoms with E-state index >= 15 is 0 Å². The molecule has 158 valence electrons. The number of nitrogens with one attached hydrogen (secondary N) is 2. The Balaban J connectivity index is 0.00000300. The molecule has 3 rings (SSSR count). The first-order valence-electron chi connectivity index (χ1n) is 9.44. The van der Waals surface area contributed by atoms with Gasteiger partial charge >= 0.3 is 0 Å². The highest BCUT2D eigenvalue weighted by atomic mass is 127. The van der Waals surface area contributed by atoms with Crippen molar-refractivity contribution in [1.82, 2.24) is 5.32 Å². The van der Waals surface area contributed by atoms with E-state index in [1.165, 1.54) is 18.4 Å². The van der Waals surface area contributed by atoms with Gasteiger partial charge in [-0.25, -0.2) is 0 Å². The molecule has 1 aliphatic rings. The minimum atomic E-state index is 0. The Kier molecular flexibility index (Phi) is 8.43. The molecule has 2 aromatic carbocycles. The number of hydrogen-bond donors (Lipinski definition) is 2. The summed E-state index contributed by atoms with van der Waals surface area (Å²) in [4.78, 5) is 4.36. The molecule has 0 aromatic heterocycles. The monoisotopic (exact) mass is 511 g/mol. The third-order valence-electron chi connectivity index (χ3n) is 5.16. The maximum absolute atomic E-state index is 5.42. The van der Waals surface area contributed by atoms with Crippen LogP contribution in [0.15, 0.2) is 47.5 Å². The minimum absolute atomic E-state index is 0. The van der Waals surface area contributed by atoms with E-state index in [2.05, 4.69) is 46.0 Å². The van der Waals surface area contributed by atoms with Crippen LogP contribution in [0, 0.1) is 5.41 Å². The summed E-state index contributed by atoms with van der Waals surface area (Å²) in [6.07, 6.45) is 3.55. The van der Waals surface area contributed by atoms with Crippen molar-refractivity contribution in [2.75, 3.05) is 40.2 Å². The van der Waals surface area contributed by atoms with Crippen molar-refractivity contribution in [2.24, 2.45) is 10.4 Å². The van der Waals surface area contributed by atoms with Gasteiger partial charge in [0.05, 0.1) is 21.3 Å². The second-order valence-electron chi connectivity index (χ2n) is 7.13. The lowest BCUT2D eigenvalue weighted by atomic mass is 9.96. The highest BCUT2D eigenvalue weighted by Gasteiger charge is 2.42. The molecule has 1 aliphatic carbocycles. The summed E-state index contributed by atoms with van der Waals surface area (Å²) in [5.41, 5.74) is 2.51. The molecule has 0 bridgehead atoms. The maximum atomic E-state index is 5.42. The lowest BCUT2D eigenvalue weighted by Gasteiger charge is -2.20. The number of halogens is 1. The average Bonchev–Trinajstić information content (AvgIpc) is 3.50. The third kappa shape index (κ3) is 5.91. The zero-order valence-electron chi connectivity index (χ0n) is 17.5. The van der Waals surface area contributed by atoms with Crippen LogP contribution in [0.5, 0.6) is 17.2 Å². The molecule has 0 radical (unpaired) electrons. The SMILES string of the molecule is CN=C(NCC1(Cc2ccccc2)CC1)Nc1cc(OC)c(OC)c(OC)c1.I. The molecule has 2 N–H and O–H groups in total. The van der Waals surface area contributed by atoms with E-state index in [4.69, 9.17) is 14.2 Å². The van der Waals surface area contributed by atoms with E-state index in [0.717, 1.165) is 18.7 Å². The van der Waals surface area contributed by atoms with Gasteiger partial charge in [-0.15, -0.1) is 24.0 Å². The summed E-state index contributed by atoms with van der Waals surface area (Å²) in [7, 11) is 6.57. The van der Waals surface area contributed by atoms with Gasteiger partial charge in [-0.3, -0.25) is 4.99 Å². The summed E-state index contributed by atoms with van der Waals surface area (Å²) >= 11 is 0. The van der Waals surface area contributed by atoms with Crippen LogP contribution in [0.2, 0.25) is 0 Å². The fourth-order valence-electron chi connectivity index (χ4n) is 3.36. The first-order chi connectivity index (χ1) is 13.6. The molecule has 2 aromatic rings. The van der Waals surface area contributed by atoms with Gasteiger partial charge in [0.2, 0.25) is 5.75 Å². The molecule has 0 unspecified atom stereocenters. The van der Waals surface area contributed by atoms with Crippen molar-refractivity contribution in [2.45, 2.75) is 19.3 Å². The maximum Gasteiger partial charge on any atom is 0.203 e. The molecule has 1 fully saturated rings. The highest BCUT2D eigenvalue weighted by molar-refractivity contribution is 14.0. The predicted octanol–water partition coefficient (Wildman–Crippen LogP) is 4.34. The van der Waals surface area contributed by atoms with Crippen LogP contribution >= 0.6 is 24.0 Å². The first kappa shape index (κ1) is 23.1. The summed E-state index contributed by atoms with van der Waals surface area (Å²) in [6, 6.07) is 14.4. The van der Waals surface area contributed by atoms with Gasteiger partial charge < -0.3 is 24.8 Å². The molecule has 0 spiro atoms. The lowest BCUT2D eigenvalue weighted by molar-refractivity contribution is 0.324. The number of ether oxygens (including phenoxy) is 3. The van der Waals surface area contributed by atoms with Crippen LogP contribution in [0.1, 0.15) is 18.4 Å². The van der Waals surface area contributed by atoms with Crippen molar-refractivity contribution in [1.29, 1.82) is 0 Å². The summed E-state index contributed by atoms with van der Waals surface area (Å²) in [6.45, 7) is 0.881. The quantitative estimate of drug-likeness (QED) is 0.314. The molecule has 0 atom stereocenters. The van der Waals surface area contributed by atoms with Crippen LogP contribution < -0.4 is 24.8 Å². The van der Waals surface area contributed by atoms with Crippen molar-refractivity contribution < 1.29 is 14.2 Å². The Labute approximate surface area is 190 Å². The van der Waals surface area contributed by atoms with Gasteiger partial charge in [0.25, 0.3) is 0 Å². The third-order valence-corrected chi connectivity index (χ3v) is 5.16. The Morgan fingerprint density at radius 1 is 1.00 bits per heavy atom. The molecule has 0 amide bonds. The van der Waals surface area contributed by atoms with Gasteiger partial charge in [0.1, 0.15) is 0 Å². The zero-order valence-corrected chi connectivity index (χ0v) is 19.8. The topological polar surface area (TPSA) is 64.1 Å².